The fraction of sp³-hybridized carbons (Fsp3) is 0.700. The summed E-state index contributed by atoms with van der Waals surface area (Å²) in [5.41, 5.74) is 1.88. The molecule has 3 nitrogen and oxygen atoms in total. The van der Waals surface area contributed by atoms with Crippen LogP contribution in [0.4, 0.5) is 0 Å². The maximum absolute atomic E-state index is 9.10. The number of piperidine rings is 1. The molecule has 14 heavy (non-hydrogen) atoms. The molecule has 1 saturated heterocycles. The van der Waals surface area contributed by atoms with Crippen LogP contribution in [0.5, 0.6) is 0 Å². The van der Waals surface area contributed by atoms with Crippen LogP contribution in [-0.4, -0.2) is 34.7 Å². The Balaban J connectivity index is 1.86. The fourth-order valence-corrected chi connectivity index (χ4v) is 2.62. The van der Waals surface area contributed by atoms with E-state index < -0.39 is 0 Å². The van der Waals surface area contributed by atoms with Crippen molar-refractivity contribution in [3.05, 3.63) is 16.6 Å². The first-order valence-electron chi connectivity index (χ1n) is 5.09. The minimum absolute atomic E-state index is 0.333. The number of rotatable bonds is 3. The summed E-state index contributed by atoms with van der Waals surface area (Å²) in [4.78, 5) is 7.81. The summed E-state index contributed by atoms with van der Waals surface area (Å²) < 4.78 is 0. The Morgan fingerprint density at radius 2 is 2.57 bits per heavy atom. The molecule has 0 unspecified atom stereocenters. The summed E-state index contributed by atoms with van der Waals surface area (Å²) in [6.45, 7) is 3.53. The first kappa shape index (κ1) is 10.1. The molecular formula is C10H16N2OS. The van der Waals surface area contributed by atoms with Crippen molar-refractivity contribution in [1.29, 1.82) is 0 Å². The second-order valence-corrected chi connectivity index (χ2v) is 4.86. The van der Waals surface area contributed by atoms with Crippen molar-refractivity contribution < 1.29 is 5.11 Å². The number of aliphatic hydroxyl groups excluding tert-OH is 1. The number of aromatic nitrogens is 1. The zero-order valence-corrected chi connectivity index (χ0v) is 9.04. The standard InChI is InChI=1S/C10H16N2OS/c13-7-9-2-1-3-12(5-9)6-10-4-11-8-14-10/h4,8-9,13H,1-3,5-7H2/t9-/m1/s1. The van der Waals surface area contributed by atoms with Gasteiger partial charge in [-0.15, -0.1) is 11.3 Å². The molecule has 0 amide bonds. The van der Waals surface area contributed by atoms with E-state index in [4.69, 9.17) is 5.11 Å². The van der Waals surface area contributed by atoms with E-state index >= 15 is 0 Å². The summed E-state index contributed by atoms with van der Waals surface area (Å²) in [5.74, 6) is 0.483. The maximum Gasteiger partial charge on any atom is 0.0794 e. The summed E-state index contributed by atoms with van der Waals surface area (Å²) in [6.07, 6.45) is 4.33. The van der Waals surface area contributed by atoms with Crippen LogP contribution >= 0.6 is 11.3 Å². The molecule has 1 aromatic rings. The normalized spacial score (nSPS) is 23.9. The van der Waals surface area contributed by atoms with Gasteiger partial charge in [-0.2, -0.15) is 0 Å². The van der Waals surface area contributed by atoms with Crippen molar-refractivity contribution in [2.24, 2.45) is 5.92 Å². The highest BCUT2D eigenvalue weighted by atomic mass is 32.1. The van der Waals surface area contributed by atoms with Crippen LogP contribution in [0.15, 0.2) is 11.7 Å². The number of hydrogen-bond donors (Lipinski definition) is 1. The lowest BCUT2D eigenvalue weighted by atomic mass is 9.99. The van der Waals surface area contributed by atoms with E-state index in [0.29, 0.717) is 12.5 Å². The molecule has 4 heteroatoms. The molecule has 0 radical (unpaired) electrons. The Hall–Kier alpha value is -0.450. The van der Waals surface area contributed by atoms with Gasteiger partial charge in [-0.1, -0.05) is 0 Å². The van der Waals surface area contributed by atoms with Gasteiger partial charge in [0.2, 0.25) is 0 Å². The third kappa shape index (κ3) is 2.53. The van der Waals surface area contributed by atoms with Gasteiger partial charge in [0.25, 0.3) is 0 Å². The maximum atomic E-state index is 9.10. The molecule has 0 spiro atoms. The van der Waals surface area contributed by atoms with E-state index in [-0.39, 0.29) is 0 Å². The van der Waals surface area contributed by atoms with Gasteiger partial charge in [0.05, 0.1) is 5.51 Å². The van der Waals surface area contributed by atoms with E-state index in [0.717, 1.165) is 19.6 Å². The first-order chi connectivity index (χ1) is 6.88. The van der Waals surface area contributed by atoms with Crippen LogP contribution in [-0.2, 0) is 6.54 Å². The Morgan fingerprint density at radius 1 is 1.64 bits per heavy atom. The lowest BCUT2D eigenvalue weighted by Crippen LogP contribution is -2.36. The van der Waals surface area contributed by atoms with E-state index in [9.17, 15) is 0 Å². The molecule has 78 valence electrons. The molecule has 1 aliphatic heterocycles. The van der Waals surface area contributed by atoms with Crippen molar-refractivity contribution in [1.82, 2.24) is 9.88 Å². The number of likely N-dealkylation sites (tertiary alicyclic amines) is 1. The third-order valence-corrected chi connectivity index (χ3v) is 3.49. The molecule has 0 saturated carbocycles. The Morgan fingerprint density at radius 3 is 3.29 bits per heavy atom. The van der Waals surface area contributed by atoms with Gasteiger partial charge in [-0.25, -0.2) is 0 Å². The smallest absolute Gasteiger partial charge is 0.0794 e. The molecule has 1 aromatic heterocycles. The minimum atomic E-state index is 0.333. The van der Waals surface area contributed by atoms with E-state index in [1.54, 1.807) is 11.3 Å². The molecule has 1 atom stereocenters. The molecule has 2 rings (SSSR count). The van der Waals surface area contributed by atoms with E-state index in [2.05, 4.69) is 9.88 Å². The molecule has 1 N–H and O–H groups in total. The summed E-state index contributed by atoms with van der Waals surface area (Å²) in [6, 6.07) is 0. The van der Waals surface area contributed by atoms with Gasteiger partial charge in [0, 0.05) is 30.8 Å². The average molecular weight is 212 g/mol. The highest BCUT2D eigenvalue weighted by molar-refractivity contribution is 7.09. The van der Waals surface area contributed by atoms with Gasteiger partial charge in [0.1, 0.15) is 0 Å². The van der Waals surface area contributed by atoms with Crippen LogP contribution in [0.3, 0.4) is 0 Å². The summed E-state index contributed by atoms with van der Waals surface area (Å²) >= 11 is 1.71. The molecule has 2 heterocycles. The molecule has 0 bridgehead atoms. The summed E-state index contributed by atoms with van der Waals surface area (Å²) in [7, 11) is 0. The first-order valence-corrected chi connectivity index (χ1v) is 5.97. The molecular weight excluding hydrogens is 196 g/mol. The highest BCUT2D eigenvalue weighted by Gasteiger charge is 2.19. The Bertz CT molecular complexity index is 263. The van der Waals surface area contributed by atoms with Crippen molar-refractivity contribution in [3.63, 3.8) is 0 Å². The van der Waals surface area contributed by atoms with Gasteiger partial charge in [-0.3, -0.25) is 9.88 Å². The molecule has 0 aliphatic carbocycles. The number of hydrogen-bond acceptors (Lipinski definition) is 4. The lowest BCUT2D eigenvalue weighted by Gasteiger charge is -2.31. The third-order valence-electron chi connectivity index (χ3n) is 2.72. The zero-order chi connectivity index (χ0) is 9.80. The Labute approximate surface area is 88.4 Å². The fourth-order valence-electron chi connectivity index (χ4n) is 1.98. The minimum Gasteiger partial charge on any atom is -0.396 e. The van der Waals surface area contributed by atoms with Crippen LogP contribution in [0.1, 0.15) is 17.7 Å². The van der Waals surface area contributed by atoms with Gasteiger partial charge in [-0.05, 0) is 25.3 Å². The monoisotopic (exact) mass is 212 g/mol. The quantitative estimate of drug-likeness (QED) is 0.821. The average Bonchev–Trinajstić information content (AvgIpc) is 2.71. The number of nitrogens with zero attached hydrogens (tertiary/aromatic N) is 2. The Kier molecular flexibility index (Phi) is 3.50. The molecule has 0 aromatic carbocycles. The highest BCUT2D eigenvalue weighted by Crippen LogP contribution is 2.19. The van der Waals surface area contributed by atoms with Crippen LogP contribution in [0.2, 0.25) is 0 Å². The van der Waals surface area contributed by atoms with Gasteiger partial charge < -0.3 is 5.11 Å². The largest absolute Gasteiger partial charge is 0.396 e. The number of thiazole rings is 1. The van der Waals surface area contributed by atoms with E-state index in [1.807, 2.05) is 11.7 Å². The second-order valence-electron chi connectivity index (χ2n) is 3.89. The SMILES string of the molecule is OC[C@@H]1CCCN(Cc2cncs2)C1. The van der Waals surface area contributed by atoms with E-state index in [1.165, 1.54) is 17.7 Å². The molecule has 1 aliphatic rings. The van der Waals surface area contributed by atoms with Gasteiger partial charge >= 0.3 is 0 Å². The summed E-state index contributed by atoms with van der Waals surface area (Å²) in [5, 5.41) is 9.10. The van der Waals surface area contributed by atoms with Crippen molar-refractivity contribution in [2.45, 2.75) is 19.4 Å². The predicted molar refractivity (Wildman–Crippen MR) is 57.2 cm³/mol. The van der Waals surface area contributed by atoms with Gasteiger partial charge in [0.15, 0.2) is 0 Å². The number of aliphatic hydroxyl groups is 1. The van der Waals surface area contributed by atoms with Crippen LogP contribution < -0.4 is 0 Å². The zero-order valence-electron chi connectivity index (χ0n) is 8.22. The van der Waals surface area contributed by atoms with Crippen LogP contribution in [0.25, 0.3) is 0 Å². The van der Waals surface area contributed by atoms with Crippen molar-refractivity contribution in [3.8, 4) is 0 Å². The molecule has 1 fully saturated rings. The predicted octanol–water partition coefficient (Wildman–Crippen LogP) is 1.35. The van der Waals surface area contributed by atoms with Crippen LogP contribution in [0, 0.1) is 5.92 Å². The lowest BCUT2D eigenvalue weighted by molar-refractivity contribution is 0.116. The van der Waals surface area contributed by atoms with Crippen molar-refractivity contribution >= 4 is 11.3 Å². The topological polar surface area (TPSA) is 36.4 Å². The second kappa shape index (κ2) is 4.87. The van der Waals surface area contributed by atoms with Crippen molar-refractivity contribution in [2.75, 3.05) is 19.7 Å².